The lowest BCUT2D eigenvalue weighted by molar-refractivity contribution is 0.0683. The first kappa shape index (κ1) is 13.1. The Morgan fingerprint density at radius 2 is 2.12 bits per heavy atom. The van der Waals surface area contributed by atoms with Gasteiger partial charge in [-0.3, -0.25) is 0 Å². The van der Waals surface area contributed by atoms with E-state index in [0.29, 0.717) is 18.3 Å². The second-order valence-electron chi connectivity index (χ2n) is 4.21. The second-order valence-corrected chi connectivity index (χ2v) is 4.21. The van der Waals surface area contributed by atoms with E-state index in [4.69, 9.17) is 9.26 Å². The molecule has 1 N–H and O–H groups in total. The molecule has 1 atom stereocenters. The molecule has 1 heterocycles. The van der Waals surface area contributed by atoms with Crippen molar-refractivity contribution in [1.29, 1.82) is 0 Å². The molecule has 0 spiro atoms. The van der Waals surface area contributed by atoms with Crippen molar-refractivity contribution in [2.24, 2.45) is 0 Å². The molecule has 0 aliphatic rings. The quantitative estimate of drug-likeness (QED) is 0.805. The standard InChI is InChI=1S/C11H21N3O2/c1-6-12-11(4,5)10-13-9(14-16-10)8(3)15-7-2/h8,12H,6-7H2,1-5H3. The third-order valence-electron chi connectivity index (χ3n) is 2.38. The van der Waals surface area contributed by atoms with Crippen LogP contribution in [0.2, 0.25) is 0 Å². The summed E-state index contributed by atoms with van der Waals surface area (Å²) in [6, 6.07) is 0. The van der Waals surface area contributed by atoms with Crippen molar-refractivity contribution < 1.29 is 9.26 Å². The minimum atomic E-state index is -0.300. The number of nitrogens with zero attached hydrogens (tertiary/aromatic N) is 2. The van der Waals surface area contributed by atoms with Crippen LogP contribution in [0.5, 0.6) is 0 Å². The fourth-order valence-corrected chi connectivity index (χ4v) is 1.50. The molecule has 0 aliphatic heterocycles. The Bertz CT molecular complexity index is 323. The van der Waals surface area contributed by atoms with Gasteiger partial charge in [-0.05, 0) is 34.2 Å². The third-order valence-corrected chi connectivity index (χ3v) is 2.38. The average Bonchev–Trinajstić information content (AvgIpc) is 2.67. The van der Waals surface area contributed by atoms with Crippen LogP contribution in [0.3, 0.4) is 0 Å². The van der Waals surface area contributed by atoms with Gasteiger partial charge in [-0.2, -0.15) is 4.98 Å². The first-order valence-corrected chi connectivity index (χ1v) is 5.72. The molecule has 0 bridgehead atoms. The van der Waals surface area contributed by atoms with Crippen LogP contribution in [0.1, 0.15) is 52.4 Å². The van der Waals surface area contributed by atoms with E-state index in [1.165, 1.54) is 0 Å². The molecule has 1 rings (SSSR count). The van der Waals surface area contributed by atoms with Crippen LogP contribution in [-0.2, 0) is 10.3 Å². The van der Waals surface area contributed by atoms with Gasteiger partial charge in [0.1, 0.15) is 6.10 Å². The molecule has 1 aromatic heterocycles. The molecule has 0 saturated heterocycles. The summed E-state index contributed by atoms with van der Waals surface area (Å²) in [6.45, 7) is 11.4. The van der Waals surface area contributed by atoms with Gasteiger partial charge in [0, 0.05) is 6.61 Å². The van der Waals surface area contributed by atoms with Crippen LogP contribution in [0.4, 0.5) is 0 Å². The fraction of sp³-hybridized carbons (Fsp3) is 0.818. The van der Waals surface area contributed by atoms with E-state index >= 15 is 0 Å². The Morgan fingerprint density at radius 1 is 1.44 bits per heavy atom. The molecule has 1 aromatic rings. The summed E-state index contributed by atoms with van der Waals surface area (Å²) in [5.41, 5.74) is -0.300. The van der Waals surface area contributed by atoms with Crippen LogP contribution < -0.4 is 5.32 Å². The second kappa shape index (κ2) is 5.41. The highest BCUT2D eigenvalue weighted by Crippen LogP contribution is 2.20. The van der Waals surface area contributed by atoms with Gasteiger partial charge < -0.3 is 14.6 Å². The molecular weight excluding hydrogens is 206 g/mol. The summed E-state index contributed by atoms with van der Waals surface area (Å²) >= 11 is 0. The predicted octanol–water partition coefficient (Wildman–Crippen LogP) is 2.01. The molecule has 0 radical (unpaired) electrons. The van der Waals surface area contributed by atoms with Crippen molar-refractivity contribution in [2.75, 3.05) is 13.2 Å². The summed E-state index contributed by atoms with van der Waals surface area (Å²) in [6.07, 6.45) is -0.125. The van der Waals surface area contributed by atoms with Crippen LogP contribution in [0.25, 0.3) is 0 Å². The number of rotatable bonds is 6. The Kier molecular flexibility index (Phi) is 4.44. The largest absolute Gasteiger partial charge is 0.371 e. The highest BCUT2D eigenvalue weighted by molar-refractivity contribution is 5.00. The van der Waals surface area contributed by atoms with E-state index in [-0.39, 0.29) is 11.6 Å². The molecular formula is C11H21N3O2. The summed E-state index contributed by atoms with van der Waals surface area (Å²) in [4.78, 5) is 4.35. The number of hydrogen-bond acceptors (Lipinski definition) is 5. The van der Waals surface area contributed by atoms with E-state index in [9.17, 15) is 0 Å². The predicted molar refractivity (Wildman–Crippen MR) is 61.0 cm³/mol. The van der Waals surface area contributed by atoms with Crippen LogP contribution in [0, 0.1) is 0 Å². The molecule has 1 unspecified atom stereocenters. The molecule has 5 nitrogen and oxygen atoms in total. The molecule has 0 amide bonds. The SMILES string of the molecule is CCNC(C)(C)c1nc(C(C)OCC)no1. The molecule has 0 aromatic carbocycles. The van der Waals surface area contributed by atoms with Crippen LogP contribution >= 0.6 is 0 Å². The minimum Gasteiger partial charge on any atom is -0.371 e. The van der Waals surface area contributed by atoms with E-state index < -0.39 is 0 Å². The fourth-order valence-electron chi connectivity index (χ4n) is 1.50. The normalized spacial score (nSPS) is 14.1. The number of hydrogen-bond donors (Lipinski definition) is 1. The molecule has 0 fully saturated rings. The van der Waals surface area contributed by atoms with Gasteiger partial charge in [0.25, 0.3) is 0 Å². The molecule has 16 heavy (non-hydrogen) atoms. The topological polar surface area (TPSA) is 60.2 Å². The summed E-state index contributed by atoms with van der Waals surface area (Å²) in [5, 5.41) is 7.22. The van der Waals surface area contributed by atoms with Gasteiger partial charge in [-0.1, -0.05) is 12.1 Å². The summed E-state index contributed by atoms with van der Waals surface area (Å²) in [5.74, 6) is 1.19. The van der Waals surface area contributed by atoms with Crippen molar-refractivity contribution in [3.05, 3.63) is 11.7 Å². The van der Waals surface area contributed by atoms with E-state index in [0.717, 1.165) is 6.54 Å². The Hall–Kier alpha value is -0.940. The maximum absolute atomic E-state index is 5.41. The van der Waals surface area contributed by atoms with Crippen molar-refractivity contribution in [1.82, 2.24) is 15.5 Å². The van der Waals surface area contributed by atoms with Gasteiger partial charge in [-0.25, -0.2) is 0 Å². The smallest absolute Gasteiger partial charge is 0.246 e. The zero-order chi connectivity index (χ0) is 12.2. The van der Waals surface area contributed by atoms with Gasteiger partial charge >= 0.3 is 0 Å². The molecule has 92 valence electrons. The van der Waals surface area contributed by atoms with Gasteiger partial charge in [0.2, 0.25) is 5.89 Å². The van der Waals surface area contributed by atoms with E-state index in [2.05, 4.69) is 15.5 Å². The first-order valence-electron chi connectivity index (χ1n) is 5.72. The van der Waals surface area contributed by atoms with E-state index in [1.54, 1.807) is 0 Å². The van der Waals surface area contributed by atoms with Crippen LogP contribution in [-0.4, -0.2) is 23.3 Å². The minimum absolute atomic E-state index is 0.125. The first-order chi connectivity index (χ1) is 7.51. The van der Waals surface area contributed by atoms with Crippen LogP contribution in [0.15, 0.2) is 4.52 Å². The summed E-state index contributed by atoms with van der Waals surface area (Å²) in [7, 11) is 0. The monoisotopic (exact) mass is 227 g/mol. The third kappa shape index (κ3) is 3.02. The van der Waals surface area contributed by atoms with Gasteiger partial charge in [-0.15, -0.1) is 0 Å². The maximum Gasteiger partial charge on any atom is 0.246 e. The highest BCUT2D eigenvalue weighted by Gasteiger charge is 2.27. The van der Waals surface area contributed by atoms with E-state index in [1.807, 2.05) is 34.6 Å². The zero-order valence-electron chi connectivity index (χ0n) is 10.7. The highest BCUT2D eigenvalue weighted by atomic mass is 16.5. The lowest BCUT2D eigenvalue weighted by atomic mass is 10.1. The number of aromatic nitrogens is 2. The number of nitrogens with one attached hydrogen (secondary N) is 1. The van der Waals surface area contributed by atoms with Crippen molar-refractivity contribution in [3.63, 3.8) is 0 Å². The van der Waals surface area contributed by atoms with Gasteiger partial charge in [0.05, 0.1) is 5.54 Å². The Balaban J connectivity index is 2.78. The van der Waals surface area contributed by atoms with Gasteiger partial charge in [0.15, 0.2) is 5.82 Å². The molecule has 0 saturated carbocycles. The van der Waals surface area contributed by atoms with Crippen molar-refractivity contribution in [2.45, 2.75) is 46.3 Å². The zero-order valence-corrected chi connectivity index (χ0v) is 10.7. The average molecular weight is 227 g/mol. The van der Waals surface area contributed by atoms with Crippen molar-refractivity contribution >= 4 is 0 Å². The lowest BCUT2D eigenvalue weighted by Crippen LogP contribution is -2.36. The van der Waals surface area contributed by atoms with Crippen molar-refractivity contribution in [3.8, 4) is 0 Å². The Labute approximate surface area is 96.6 Å². The number of ether oxygens (including phenoxy) is 1. The summed E-state index contributed by atoms with van der Waals surface area (Å²) < 4.78 is 10.7. The Morgan fingerprint density at radius 3 is 2.69 bits per heavy atom. The lowest BCUT2D eigenvalue weighted by Gasteiger charge is -2.20. The molecule has 0 aliphatic carbocycles. The molecule has 5 heteroatoms. The maximum atomic E-state index is 5.41.